The Kier molecular flexibility index (Phi) is 4.07. The maximum atomic E-state index is 13.2. The molecule has 0 radical (unpaired) electrons. The van der Waals surface area contributed by atoms with E-state index >= 15 is 0 Å². The van der Waals surface area contributed by atoms with Gasteiger partial charge in [-0.05, 0) is 12.1 Å². The van der Waals surface area contributed by atoms with Crippen LogP contribution in [0.15, 0.2) is 65.9 Å². The van der Waals surface area contributed by atoms with Gasteiger partial charge in [-0.3, -0.25) is 9.69 Å². The molecule has 1 unspecified atom stereocenters. The lowest BCUT2D eigenvalue weighted by molar-refractivity contribution is -0.142. The van der Waals surface area contributed by atoms with E-state index in [9.17, 15) is 24.6 Å². The van der Waals surface area contributed by atoms with E-state index in [1.165, 1.54) is 12.1 Å². The molecule has 148 valence electrons. The van der Waals surface area contributed by atoms with E-state index in [0.29, 0.717) is 0 Å². The van der Waals surface area contributed by atoms with Crippen LogP contribution in [0.25, 0.3) is 0 Å². The summed E-state index contributed by atoms with van der Waals surface area (Å²) in [6.45, 7) is 0. The van der Waals surface area contributed by atoms with Crippen LogP contribution in [0.5, 0.6) is 0 Å². The first kappa shape index (κ1) is 18.9. The molecular formula is C21H17NO7. The number of para-hydroxylation sites is 1. The molecule has 8 nitrogen and oxygen atoms in total. The van der Waals surface area contributed by atoms with Crippen LogP contribution in [0.4, 0.5) is 5.69 Å². The summed E-state index contributed by atoms with van der Waals surface area (Å²) in [5.74, 6) is -3.07. The van der Waals surface area contributed by atoms with Gasteiger partial charge in [0.2, 0.25) is 17.1 Å². The van der Waals surface area contributed by atoms with Crippen LogP contribution in [0.2, 0.25) is 0 Å². The number of ketones is 1. The monoisotopic (exact) mass is 395 g/mol. The van der Waals surface area contributed by atoms with Gasteiger partial charge in [0.15, 0.2) is 0 Å². The van der Waals surface area contributed by atoms with Crippen LogP contribution in [-0.4, -0.2) is 47.8 Å². The standard InChI is InChI=1S/C21H17NO7/c1-28-18(24)15-16(19(25)29-2)22(12-8-4-3-5-9-12)21(27)14-11-7-6-10-13(14)17(23)20(15,21)26/h3-11,26-27H,1-2H3/t20?,21-/m1/s1. The molecule has 2 atom stereocenters. The highest BCUT2D eigenvalue weighted by Gasteiger charge is 2.75. The molecule has 2 aromatic rings. The Balaban J connectivity index is 2.15. The number of aliphatic hydroxyl groups is 2. The number of rotatable bonds is 3. The highest BCUT2D eigenvalue weighted by Crippen LogP contribution is 2.58. The Morgan fingerprint density at radius 3 is 2.10 bits per heavy atom. The number of methoxy groups -OCH3 is 2. The minimum absolute atomic E-state index is 0.0313. The molecule has 0 fully saturated rings. The molecule has 2 N–H and O–H groups in total. The van der Waals surface area contributed by atoms with Gasteiger partial charge in [-0.1, -0.05) is 42.5 Å². The molecule has 0 amide bonds. The summed E-state index contributed by atoms with van der Waals surface area (Å²) in [5.41, 5.74) is -6.05. The number of carbonyl (C=O) groups is 3. The molecule has 0 aromatic heterocycles. The molecule has 1 heterocycles. The molecule has 8 heteroatoms. The van der Waals surface area contributed by atoms with Crippen LogP contribution in [-0.2, 0) is 24.8 Å². The Morgan fingerprint density at radius 1 is 0.897 bits per heavy atom. The number of nitrogens with zero attached hydrogens (tertiary/aromatic N) is 1. The normalized spacial score (nSPS) is 25.0. The number of fused-ring (bicyclic) bond motifs is 3. The second-order valence-corrected chi connectivity index (χ2v) is 6.64. The van der Waals surface area contributed by atoms with Crippen molar-refractivity contribution in [2.45, 2.75) is 11.3 Å². The quantitative estimate of drug-likeness (QED) is 0.737. The average Bonchev–Trinajstić information content (AvgIpc) is 3.07. The lowest BCUT2D eigenvalue weighted by Crippen LogP contribution is -2.58. The zero-order chi connectivity index (χ0) is 21.0. The molecule has 1 aliphatic carbocycles. The van der Waals surface area contributed by atoms with Crippen LogP contribution in [0.1, 0.15) is 15.9 Å². The Morgan fingerprint density at radius 2 is 1.48 bits per heavy atom. The number of carbonyl (C=O) groups excluding carboxylic acids is 3. The van der Waals surface area contributed by atoms with E-state index in [4.69, 9.17) is 9.47 Å². The third-order valence-electron chi connectivity index (χ3n) is 5.31. The highest BCUT2D eigenvalue weighted by atomic mass is 16.5. The summed E-state index contributed by atoms with van der Waals surface area (Å²) in [6.07, 6.45) is 0. The van der Waals surface area contributed by atoms with E-state index in [-0.39, 0.29) is 16.8 Å². The van der Waals surface area contributed by atoms with Crippen molar-refractivity contribution in [3.63, 3.8) is 0 Å². The summed E-state index contributed by atoms with van der Waals surface area (Å²) in [6, 6.07) is 14.2. The highest BCUT2D eigenvalue weighted by molar-refractivity contribution is 6.21. The summed E-state index contributed by atoms with van der Waals surface area (Å²) in [4.78, 5) is 39.7. The van der Waals surface area contributed by atoms with E-state index in [1.54, 1.807) is 42.5 Å². The molecule has 0 spiro atoms. The number of benzene rings is 2. The van der Waals surface area contributed by atoms with Gasteiger partial charge in [-0.25, -0.2) is 9.59 Å². The number of Topliss-reactive ketones (excluding diaryl/α,β-unsaturated/α-hetero) is 1. The van der Waals surface area contributed by atoms with E-state index in [0.717, 1.165) is 19.1 Å². The van der Waals surface area contributed by atoms with Gasteiger partial charge in [0.05, 0.1) is 14.2 Å². The van der Waals surface area contributed by atoms with Crippen molar-refractivity contribution in [3.05, 3.63) is 77.0 Å². The van der Waals surface area contributed by atoms with Crippen molar-refractivity contribution in [2.75, 3.05) is 19.1 Å². The molecule has 29 heavy (non-hydrogen) atoms. The number of esters is 2. The number of anilines is 1. The van der Waals surface area contributed by atoms with Crippen LogP contribution in [0.3, 0.4) is 0 Å². The Hall–Kier alpha value is -3.49. The third-order valence-corrected chi connectivity index (χ3v) is 5.31. The van der Waals surface area contributed by atoms with E-state index in [2.05, 4.69) is 0 Å². The molecule has 1 aliphatic heterocycles. The number of ether oxygens (including phenoxy) is 2. The SMILES string of the molecule is COC(=O)C1=C(C(=O)OC)C2(O)C(=O)c3ccccc3[C@]2(O)N1c1ccccc1. The van der Waals surface area contributed by atoms with Gasteiger partial charge in [0.25, 0.3) is 0 Å². The smallest absolute Gasteiger partial charge is 0.355 e. The van der Waals surface area contributed by atoms with Gasteiger partial charge in [-0.15, -0.1) is 0 Å². The lowest BCUT2D eigenvalue weighted by atomic mass is 9.85. The van der Waals surface area contributed by atoms with Crippen LogP contribution >= 0.6 is 0 Å². The maximum Gasteiger partial charge on any atom is 0.355 e. The Labute approximate surface area is 165 Å². The Bertz CT molecular complexity index is 1080. The average molecular weight is 395 g/mol. The molecule has 0 saturated heterocycles. The van der Waals surface area contributed by atoms with Crippen molar-refractivity contribution in [2.24, 2.45) is 0 Å². The van der Waals surface area contributed by atoms with Gasteiger partial charge >= 0.3 is 11.9 Å². The number of hydrogen-bond donors (Lipinski definition) is 2. The summed E-state index contributed by atoms with van der Waals surface area (Å²) < 4.78 is 9.56. The van der Waals surface area contributed by atoms with Crippen molar-refractivity contribution < 1.29 is 34.1 Å². The largest absolute Gasteiger partial charge is 0.466 e. The summed E-state index contributed by atoms with van der Waals surface area (Å²) in [5, 5.41) is 23.4. The minimum Gasteiger partial charge on any atom is -0.466 e. The molecule has 4 rings (SSSR count). The second-order valence-electron chi connectivity index (χ2n) is 6.64. The first-order chi connectivity index (χ1) is 13.8. The summed E-state index contributed by atoms with van der Waals surface area (Å²) in [7, 11) is 2.13. The van der Waals surface area contributed by atoms with Gasteiger partial charge in [0.1, 0.15) is 11.3 Å². The minimum atomic E-state index is -2.77. The lowest BCUT2D eigenvalue weighted by Gasteiger charge is -2.39. The molecule has 0 bridgehead atoms. The van der Waals surface area contributed by atoms with Crippen molar-refractivity contribution in [3.8, 4) is 0 Å². The zero-order valence-electron chi connectivity index (χ0n) is 15.6. The third kappa shape index (κ3) is 2.12. The fraction of sp³-hybridized carbons (Fsp3) is 0.190. The summed E-state index contributed by atoms with van der Waals surface area (Å²) >= 11 is 0. The first-order valence-corrected chi connectivity index (χ1v) is 8.69. The van der Waals surface area contributed by atoms with Gasteiger partial charge < -0.3 is 19.7 Å². The van der Waals surface area contributed by atoms with Crippen molar-refractivity contribution in [1.29, 1.82) is 0 Å². The topological polar surface area (TPSA) is 113 Å². The first-order valence-electron chi connectivity index (χ1n) is 8.69. The van der Waals surface area contributed by atoms with Gasteiger partial charge in [0, 0.05) is 16.8 Å². The van der Waals surface area contributed by atoms with Crippen molar-refractivity contribution >= 4 is 23.4 Å². The van der Waals surface area contributed by atoms with Crippen LogP contribution in [0, 0.1) is 0 Å². The predicted molar refractivity (Wildman–Crippen MR) is 99.6 cm³/mol. The van der Waals surface area contributed by atoms with E-state index < -0.39 is 40.3 Å². The van der Waals surface area contributed by atoms with Crippen molar-refractivity contribution in [1.82, 2.24) is 0 Å². The van der Waals surface area contributed by atoms with E-state index in [1.807, 2.05) is 0 Å². The predicted octanol–water partition coefficient (Wildman–Crippen LogP) is 0.879. The fourth-order valence-corrected chi connectivity index (χ4v) is 4.08. The second kappa shape index (κ2) is 6.26. The maximum absolute atomic E-state index is 13.2. The fourth-order valence-electron chi connectivity index (χ4n) is 4.08. The van der Waals surface area contributed by atoms with Gasteiger partial charge in [-0.2, -0.15) is 0 Å². The number of hydrogen-bond acceptors (Lipinski definition) is 8. The molecular weight excluding hydrogens is 378 g/mol. The molecule has 2 aliphatic rings. The van der Waals surface area contributed by atoms with Crippen LogP contribution < -0.4 is 4.90 Å². The molecule has 2 aromatic carbocycles. The molecule has 0 saturated carbocycles. The zero-order valence-corrected chi connectivity index (χ0v) is 15.6.